The van der Waals surface area contributed by atoms with E-state index >= 15 is 0 Å². The molecule has 1 fully saturated rings. The number of aryl methyl sites for hydroxylation is 4. The Balaban J connectivity index is 1.60. The Hall–Kier alpha value is -2.90. The molecular weight excluding hydrogens is 434 g/mol. The van der Waals surface area contributed by atoms with Crippen LogP contribution in [-0.2, 0) is 12.8 Å². The summed E-state index contributed by atoms with van der Waals surface area (Å²) in [7, 11) is 0. The summed E-state index contributed by atoms with van der Waals surface area (Å²) in [6, 6.07) is 22.6. The van der Waals surface area contributed by atoms with Crippen molar-refractivity contribution in [2.24, 2.45) is 5.92 Å². The maximum atomic E-state index is 4.61. The zero-order chi connectivity index (χ0) is 25.8. The van der Waals surface area contributed by atoms with Gasteiger partial charge >= 0.3 is 0 Å². The van der Waals surface area contributed by atoms with Crippen molar-refractivity contribution in [2.45, 2.75) is 60.8 Å². The van der Waals surface area contributed by atoms with Crippen LogP contribution in [0.25, 0.3) is 11.1 Å². The predicted octanol–water partition coefficient (Wildman–Crippen LogP) is 8.53. The van der Waals surface area contributed by atoms with Crippen LogP contribution < -0.4 is 0 Å². The van der Waals surface area contributed by atoms with Crippen LogP contribution in [0.3, 0.4) is 0 Å². The SMILES string of the molecule is C=C(/C(C)=C(\Cc1ccc(CCN2CC(CC)C2)cc1)c1ccccc1C)c1c(C)cc(C)cc1C. The number of hydrogen-bond acceptors (Lipinski definition) is 1. The van der Waals surface area contributed by atoms with Crippen LogP contribution >= 0.6 is 0 Å². The van der Waals surface area contributed by atoms with Gasteiger partial charge in [0, 0.05) is 19.6 Å². The Bertz CT molecular complexity index is 1230. The molecular formula is C35H43N. The van der Waals surface area contributed by atoms with Crippen LogP contribution in [0, 0.1) is 33.6 Å². The van der Waals surface area contributed by atoms with Crippen molar-refractivity contribution in [2.75, 3.05) is 19.6 Å². The summed E-state index contributed by atoms with van der Waals surface area (Å²) >= 11 is 0. The van der Waals surface area contributed by atoms with Gasteiger partial charge in [-0.3, -0.25) is 0 Å². The fraction of sp³-hybridized carbons (Fsp3) is 0.371. The van der Waals surface area contributed by atoms with Crippen molar-refractivity contribution >= 4 is 11.1 Å². The lowest BCUT2D eigenvalue weighted by atomic mass is 9.84. The molecule has 0 bridgehead atoms. The van der Waals surface area contributed by atoms with Gasteiger partial charge in [0.25, 0.3) is 0 Å². The van der Waals surface area contributed by atoms with Gasteiger partial charge in [-0.2, -0.15) is 0 Å². The largest absolute Gasteiger partial charge is 0.302 e. The first kappa shape index (κ1) is 26.2. The first-order valence-corrected chi connectivity index (χ1v) is 13.6. The maximum absolute atomic E-state index is 4.61. The average Bonchev–Trinajstić information content (AvgIpc) is 2.82. The summed E-state index contributed by atoms with van der Waals surface area (Å²) in [4.78, 5) is 2.59. The molecule has 1 aliphatic heterocycles. The summed E-state index contributed by atoms with van der Waals surface area (Å²) in [5, 5.41) is 0. The fourth-order valence-corrected chi connectivity index (χ4v) is 5.80. The molecule has 1 heterocycles. The van der Waals surface area contributed by atoms with Crippen LogP contribution in [0.5, 0.6) is 0 Å². The first-order chi connectivity index (χ1) is 17.3. The molecule has 0 amide bonds. The zero-order valence-corrected chi connectivity index (χ0v) is 23.2. The lowest BCUT2D eigenvalue weighted by molar-refractivity contribution is 0.0994. The molecule has 0 unspecified atom stereocenters. The van der Waals surface area contributed by atoms with E-state index in [9.17, 15) is 0 Å². The summed E-state index contributed by atoms with van der Waals surface area (Å²) in [6.45, 7) is 21.7. The minimum atomic E-state index is 0.907. The third-order valence-electron chi connectivity index (χ3n) is 8.09. The van der Waals surface area contributed by atoms with Gasteiger partial charge in [-0.25, -0.2) is 0 Å². The summed E-state index contributed by atoms with van der Waals surface area (Å²) in [5.41, 5.74) is 14.4. The molecule has 1 saturated heterocycles. The van der Waals surface area contributed by atoms with E-state index in [2.05, 4.69) is 114 Å². The van der Waals surface area contributed by atoms with Crippen LogP contribution in [0.15, 0.2) is 72.8 Å². The molecule has 1 aliphatic rings. The molecule has 0 saturated carbocycles. The lowest BCUT2D eigenvalue weighted by Gasteiger charge is -2.38. The molecule has 3 aromatic carbocycles. The van der Waals surface area contributed by atoms with Gasteiger partial charge in [0.1, 0.15) is 0 Å². The molecule has 0 N–H and O–H groups in total. The van der Waals surface area contributed by atoms with E-state index in [-0.39, 0.29) is 0 Å². The van der Waals surface area contributed by atoms with Crippen LogP contribution in [-0.4, -0.2) is 24.5 Å². The molecule has 4 rings (SSSR count). The topological polar surface area (TPSA) is 3.24 Å². The second-order valence-electron chi connectivity index (χ2n) is 10.9. The number of nitrogens with zero attached hydrogens (tertiary/aromatic N) is 1. The van der Waals surface area contributed by atoms with E-state index in [1.54, 1.807) is 0 Å². The maximum Gasteiger partial charge on any atom is 0.00221 e. The monoisotopic (exact) mass is 477 g/mol. The average molecular weight is 478 g/mol. The quantitative estimate of drug-likeness (QED) is 0.279. The second-order valence-corrected chi connectivity index (χ2v) is 10.9. The highest BCUT2D eigenvalue weighted by atomic mass is 15.2. The van der Waals surface area contributed by atoms with E-state index < -0.39 is 0 Å². The lowest BCUT2D eigenvalue weighted by Crippen LogP contribution is -2.46. The molecule has 36 heavy (non-hydrogen) atoms. The number of benzene rings is 3. The Morgan fingerprint density at radius 2 is 1.47 bits per heavy atom. The molecule has 188 valence electrons. The van der Waals surface area contributed by atoms with Gasteiger partial charge in [-0.05, 0) is 109 Å². The Labute approximate surface area is 219 Å². The number of hydrogen-bond donors (Lipinski definition) is 0. The fourth-order valence-electron chi connectivity index (χ4n) is 5.80. The number of allylic oxidation sites excluding steroid dienone is 3. The highest BCUT2D eigenvalue weighted by Gasteiger charge is 2.24. The van der Waals surface area contributed by atoms with Crippen molar-refractivity contribution < 1.29 is 0 Å². The molecule has 0 radical (unpaired) electrons. The Kier molecular flexibility index (Phi) is 8.32. The third kappa shape index (κ3) is 5.90. The highest BCUT2D eigenvalue weighted by Crippen LogP contribution is 2.35. The van der Waals surface area contributed by atoms with Gasteiger partial charge < -0.3 is 4.90 Å². The van der Waals surface area contributed by atoms with Crippen molar-refractivity contribution in [3.05, 3.63) is 117 Å². The molecule has 0 aromatic heterocycles. The van der Waals surface area contributed by atoms with E-state index in [4.69, 9.17) is 0 Å². The van der Waals surface area contributed by atoms with Gasteiger partial charge in [0.05, 0.1) is 0 Å². The summed E-state index contributed by atoms with van der Waals surface area (Å²) in [5.74, 6) is 0.921. The van der Waals surface area contributed by atoms with Crippen LogP contribution in [0.2, 0.25) is 0 Å². The van der Waals surface area contributed by atoms with Crippen molar-refractivity contribution in [3.8, 4) is 0 Å². The Morgan fingerprint density at radius 1 is 0.861 bits per heavy atom. The van der Waals surface area contributed by atoms with Gasteiger partial charge in [-0.15, -0.1) is 0 Å². The summed E-state index contributed by atoms with van der Waals surface area (Å²) in [6.07, 6.45) is 3.36. The van der Waals surface area contributed by atoms with Gasteiger partial charge in [-0.1, -0.05) is 86.2 Å². The normalized spacial score (nSPS) is 14.9. The third-order valence-corrected chi connectivity index (χ3v) is 8.09. The molecule has 0 spiro atoms. The molecule has 0 aliphatic carbocycles. The molecule has 3 aromatic rings. The van der Waals surface area contributed by atoms with E-state index in [1.165, 1.54) is 81.7 Å². The second kappa shape index (κ2) is 11.4. The van der Waals surface area contributed by atoms with Crippen molar-refractivity contribution in [1.82, 2.24) is 4.90 Å². The minimum Gasteiger partial charge on any atom is -0.302 e. The first-order valence-electron chi connectivity index (χ1n) is 13.6. The van der Waals surface area contributed by atoms with E-state index in [0.29, 0.717) is 0 Å². The molecule has 0 atom stereocenters. The minimum absolute atomic E-state index is 0.907. The van der Waals surface area contributed by atoms with Gasteiger partial charge in [0.2, 0.25) is 0 Å². The van der Waals surface area contributed by atoms with Crippen LogP contribution in [0.4, 0.5) is 0 Å². The smallest absolute Gasteiger partial charge is 0.00221 e. The standard InChI is InChI=1S/C35H43N/c1-8-30-22-36(23-30)18-17-31-13-15-32(16-14-31)21-34(33-12-10-9-11-25(33)3)28(6)29(7)35-26(4)19-24(2)20-27(35)5/h9-16,19-20,30H,7-8,17-18,21-23H2,1-6H3/b34-28+. The Morgan fingerprint density at radius 3 is 2.08 bits per heavy atom. The van der Waals surface area contributed by atoms with E-state index in [1.807, 2.05) is 0 Å². The van der Waals surface area contributed by atoms with Crippen LogP contribution in [0.1, 0.15) is 64.8 Å². The molecule has 1 heteroatoms. The highest BCUT2D eigenvalue weighted by molar-refractivity contribution is 5.90. The molecule has 1 nitrogen and oxygen atoms in total. The number of likely N-dealkylation sites (tertiary alicyclic amines) is 1. The zero-order valence-electron chi connectivity index (χ0n) is 23.2. The van der Waals surface area contributed by atoms with E-state index in [0.717, 1.165) is 24.3 Å². The van der Waals surface area contributed by atoms with Crippen molar-refractivity contribution in [3.63, 3.8) is 0 Å². The van der Waals surface area contributed by atoms with Gasteiger partial charge in [0.15, 0.2) is 0 Å². The van der Waals surface area contributed by atoms with Crippen molar-refractivity contribution in [1.29, 1.82) is 0 Å². The predicted molar refractivity (Wildman–Crippen MR) is 158 cm³/mol. The number of rotatable bonds is 9. The summed E-state index contributed by atoms with van der Waals surface area (Å²) < 4.78 is 0.